The molecule has 2 aliphatic rings. The third-order valence-electron chi connectivity index (χ3n) is 8.94. The molecule has 2 aromatic rings. The molecule has 0 spiro atoms. The first-order chi connectivity index (χ1) is 23.0. The number of piperidine rings is 1. The Kier molecular flexibility index (Phi) is 14.2. The Labute approximate surface area is 286 Å². The number of rotatable bonds is 17. The number of anilines is 1. The van der Waals surface area contributed by atoms with Crippen molar-refractivity contribution in [2.75, 3.05) is 71.8 Å². The summed E-state index contributed by atoms with van der Waals surface area (Å²) in [6.07, 6.45) is -0.123. The van der Waals surface area contributed by atoms with Crippen molar-refractivity contribution >= 4 is 11.8 Å². The number of carboxylic acid groups (broad SMARTS) is 1. The normalized spacial score (nSPS) is 21.8. The highest BCUT2D eigenvalue weighted by Gasteiger charge is 2.51. The van der Waals surface area contributed by atoms with E-state index < -0.39 is 35.9 Å². The van der Waals surface area contributed by atoms with Crippen LogP contribution >= 0.6 is 0 Å². The van der Waals surface area contributed by atoms with Crippen LogP contribution in [-0.4, -0.2) is 112 Å². The minimum atomic E-state index is -1.03. The van der Waals surface area contributed by atoms with E-state index in [0.29, 0.717) is 26.4 Å². The molecule has 4 rings (SSSR count). The monoisotopic (exact) mass is 672 g/mol. The summed E-state index contributed by atoms with van der Waals surface area (Å²) in [6.45, 7) is 12.5. The molecule has 268 valence electrons. The second-order valence-corrected chi connectivity index (χ2v) is 13.9. The Morgan fingerprint density at radius 2 is 1.71 bits per heavy atom. The summed E-state index contributed by atoms with van der Waals surface area (Å²) >= 11 is 0. The molecule has 2 aromatic carbocycles. The lowest BCUT2D eigenvalue weighted by Crippen LogP contribution is -2.64. The van der Waals surface area contributed by atoms with Crippen molar-refractivity contribution in [2.24, 2.45) is 5.41 Å². The van der Waals surface area contributed by atoms with Crippen molar-refractivity contribution in [1.29, 1.82) is 0 Å². The van der Waals surface area contributed by atoms with E-state index in [1.54, 1.807) is 21.1 Å². The zero-order valence-corrected chi connectivity index (χ0v) is 29.6. The molecule has 11 nitrogen and oxygen atoms in total. The number of fused-ring (bicyclic) bond motifs is 1. The number of carbonyl (C=O) groups is 1. The number of aliphatic hydroxyl groups excluding tert-OH is 1. The molecule has 2 N–H and O–H groups in total. The van der Waals surface area contributed by atoms with Crippen molar-refractivity contribution < 1.29 is 43.4 Å². The Morgan fingerprint density at radius 3 is 2.38 bits per heavy atom. The second kappa shape index (κ2) is 18.1. The molecule has 1 fully saturated rings. The Bertz CT molecular complexity index is 1270. The molecule has 0 aliphatic carbocycles. The molecule has 1 saturated heterocycles. The molecule has 1 amide bonds. The zero-order valence-electron chi connectivity index (χ0n) is 29.6. The number of methoxy groups -OCH3 is 2. The number of hydrogen-bond acceptors (Lipinski definition) is 9. The van der Waals surface area contributed by atoms with Crippen molar-refractivity contribution in [3.05, 3.63) is 53.6 Å². The number of benzene rings is 2. The maximum absolute atomic E-state index is 12.8. The smallest absolute Gasteiger partial charge is 0.407 e. The fourth-order valence-electron chi connectivity index (χ4n) is 6.74. The Balaban J connectivity index is 1.63. The van der Waals surface area contributed by atoms with Gasteiger partial charge in [-0.25, -0.2) is 4.79 Å². The van der Waals surface area contributed by atoms with Crippen LogP contribution in [0.1, 0.15) is 64.0 Å². The van der Waals surface area contributed by atoms with Gasteiger partial charge in [0.05, 0.1) is 63.0 Å². The minimum absolute atomic E-state index is 0.0698. The van der Waals surface area contributed by atoms with E-state index in [0.717, 1.165) is 60.7 Å². The lowest BCUT2D eigenvalue weighted by atomic mass is 9.71. The zero-order chi connectivity index (χ0) is 34.7. The number of nitrogens with zero attached hydrogens (tertiary/aromatic N) is 2. The van der Waals surface area contributed by atoms with Crippen molar-refractivity contribution in [3.8, 4) is 11.5 Å². The van der Waals surface area contributed by atoms with Crippen LogP contribution in [0.25, 0.3) is 0 Å². The highest BCUT2D eigenvalue weighted by atomic mass is 16.5. The van der Waals surface area contributed by atoms with Gasteiger partial charge < -0.3 is 43.5 Å². The molecule has 48 heavy (non-hydrogen) atoms. The molecule has 2 heterocycles. The van der Waals surface area contributed by atoms with E-state index in [-0.39, 0.29) is 25.7 Å². The predicted molar refractivity (Wildman–Crippen MR) is 184 cm³/mol. The third kappa shape index (κ3) is 10.2. The van der Waals surface area contributed by atoms with E-state index in [4.69, 9.17) is 28.4 Å². The van der Waals surface area contributed by atoms with Crippen LogP contribution in [0.2, 0.25) is 0 Å². The molecule has 0 saturated carbocycles. The lowest BCUT2D eigenvalue weighted by Gasteiger charge is -2.52. The van der Waals surface area contributed by atoms with E-state index in [1.165, 1.54) is 4.90 Å². The molecule has 0 aromatic heterocycles. The molecule has 2 aliphatic heterocycles. The molecule has 0 radical (unpaired) electrons. The maximum atomic E-state index is 12.8. The fourth-order valence-corrected chi connectivity index (χ4v) is 6.74. The van der Waals surface area contributed by atoms with Gasteiger partial charge in [-0.1, -0.05) is 39.0 Å². The van der Waals surface area contributed by atoms with Crippen LogP contribution in [0.15, 0.2) is 42.5 Å². The highest BCUT2D eigenvalue weighted by Crippen LogP contribution is 2.43. The van der Waals surface area contributed by atoms with Gasteiger partial charge in [0, 0.05) is 39.9 Å². The number of hydrogen-bond donors (Lipinski definition) is 2. The van der Waals surface area contributed by atoms with Crippen molar-refractivity contribution in [3.63, 3.8) is 0 Å². The molecule has 11 heteroatoms. The summed E-state index contributed by atoms with van der Waals surface area (Å²) in [5.41, 5.74) is 2.49. The highest BCUT2D eigenvalue weighted by molar-refractivity contribution is 5.66. The minimum Gasteiger partial charge on any atom is -0.494 e. The van der Waals surface area contributed by atoms with E-state index >= 15 is 0 Å². The third-order valence-corrected chi connectivity index (χ3v) is 8.94. The Morgan fingerprint density at radius 1 is 1.00 bits per heavy atom. The van der Waals surface area contributed by atoms with E-state index in [2.05, 4.69) is 11.0 Å². The maximum Gasteiger partial charge on any atom is 0.407 e. The van der Waals surface area contributed by atoms with Crippen LogP contribution in [0.3, 0.4) is 0 Å². The molecule has 2 unspecified atom stereocenters. The van der Waals surface area contributed by atoms with Gasteiger partial charge in [-0.15, -0.1) is 0 Å². The van der Waals surface area contributed by atoms with Gasteiger partial charge in [0.1, 0.15) is 18.1 Å². The van der Waals surface area contributed by atoms with E-state index in [1.807, 2.05) is 57.2 Å². The molecule has 5 atom stereocenters. The summed E-state index contributed by atoms with van der Waals surface area (Å²) in [5, 5.41) is 20.7. The first-order valence-electron chi connectivity index (χ1n) is 17.2. The van der Waals surface area contributed by atoms with Gasteiger partial charge in [0.25, 0.3) is 0 Å². The number of amides is 1. The lowest BCUT2D eigenvalue weighted by molar-refractivity contribution is -0.145. The van der Waals surface area contributed by atoms with Gasteiger partial charge in [-0.2, -0.15) is 0 Å². The predicted octanol–water partition coefficient (Wildman–Crippen LogP) is 5.57. The SMILES string of the molecule is COCCCCOc1ccc([C@@H]2[C@@H](OCc3ccc4c(c3)N(CCCOC)CCO4)CN(C(=O)O)C(C(C)(C)C)[C@H]2OCC(C)O)cc1. The van der Waals surface area contributed by atoms with Gasteiger partial charge >= 0.3 is 6.09 Å². The summed E-state index contributed by atoms with van der Waals surface area (Å²) in [4.78, 5) is 16.6. The summed E-state index contributed by atoms with van der Waals surface area (Å²) in [6, 6.07) is 13.5. The summed E-state index contributed by atoms with van der Waals surface area (Å²) in [7, 11) is 3.41. The first kappa shape index (κ1) is 37.7. The quantitative estimate of drug-likeness (QED) is 0.207. The fraction of sp³-hybridized carbons (Fsp3) is 0.649. The number of unbranched alkanes of at least 4 members (excludes halogenated alkanes) is 1. The van der Waals surface area contributed by atoms with Crippen molar-refractivity contribution in [2.45, 2.75) is 83.8 Å². The van der Waals surface area contributed by atoms with Gasteiger partial charge in [-0.05, 0) is 67.0 Å². The number of likely N-dealkylation sites (tertiary alicyclic amines) is 1. The summed E-state index contributed by atoms with van der Waals surface area (Å²) in [5.74, 6) is 1.29. The number of aliphatic hydroxyl groups is 1. The molecular formula is C37H56N2O9. The molecule has 0 bridgehead atoms. The standard InChI is InChI=1S/C37H56N2O9/c1-26(40)24-48-34-33(28-11-13-29(14-12-28)45-20-8-7-18-43-5)32(23-39(36(41)42)35(34)37(2,3)4)47-25-27-10-15-31-30(22-27)38(17-21-46-31)16-9-19-44-6/h10-15,22,26,32-35,40H,7-9,16-21,23-25H2,1-6H3,(H,41,42)/t26?,32-,33+,34-,35?/m0/s1. The van der Waals surface area contributed by atoms with Gasteiger partial charge in [0.15, 0.2) is 0 Å². The topological polar surface area (TPSA) is 119 Å². The van der Waals surface area contributed by atoms with Crippen LogP contribution < -0.4 is 14.4 Å². The van der Waals surface area contributed by atoms with Crippen LogP contribution in [0.4, 0.5) is 10.5 Å². The average molecular weight is 673 g/mol. The molecular weight excluding hydrogens is 616 g/mol. The summed E-state index contributed by atoms with van der Waals surface area (Å²) < 4.78 is 35.5. The van der Waals surface area contributed by atoms with Crippen LogP contribution in [-0.2, 0) is 25.6 Å². The van der Waals surface area contributed by atoms with Crippen molar-refractivity contribution in [1.82, 2.24) is 4.90 Å². The average Bonchev–Trinajstić information content (AvgIpc) is 3.05. The van der Waals surface area contributed by atoms with Crippen LogP contribution in [0.5, 0.6) is 11.5 Å². The largest absolute Gasteiger partial charge is 0.494 e. The van der Waals surface area contributed by atoms with Gasteiger partial charge in [-0.3, -0.25) is 4.90 Å². The first-order valence-corrected chi connectivity index (χ1v) is 17.2. The second-order valence-electron chi connectivity index (χ2n) is 13.9. The van der Waals surface area contributed by atoms with E-state index in [9.17, 15) is 15.0 Å². The number of ether oxygens (including phenoxy) is 6. The van der Waals surface area contributed by atoms with Crippen LogP contribution in [0, 0.1) is 5.41 Å². The Hall–Kier alpha value is -3.09. The van der Waals surface area contributed by atoms with Gasteiger partial charge in [0.2, 0.25) is 0 Å².